The van der Waals surface area contributed by atoms with Gasteiger partial charge in [-0.3, -0.25) is 0 Å². The van der Waals surface area contributed by atoms with Crippen LogP contribution in [0.1, 0.15) is 40.0 Å². The lowest BCUT2D eigenvalue weighted by molar-refractivity contribution is 0.178. The Labute approximate surface area is 109 Å². The maximum atomic E-state index is 5.90. The third kappa shape index (κ3) is 3.60. The molecule has 0 radical (unpaired) electrons. The fraction of sp³-hybridized carbons (Fsp3) is 0.643. The molecule has 1 saturated carbocycles. The number of aromatic nitrogens is 1. The van der Waals surface area contributed by atoms with Crippen LogP contribution in [0, 0.1) is 11.3 Å². The summed E-state index contributed by atoms with van der Waals surface area (Å²) in [6, 6.07) is 4.43. The fourth-order valence-corrected chi connectivity index (χ4v) is 3.36. The topological polar surface area (TPSA) is 24.9 Å². The SMILES string of the molecule is CC1CC(Nc2ccnc(Cl)c2)CC(C)(C)C1. The number of hydrogen-bond donors (Lipinski definition) is 1. The first-order chi connectivity index (χ1) is 7.94. The lowest BCUT2D eigenvalue weighted by atomic mass is 9.70. The molecule has 0 aliphatic heterocycles. The Morgan fingerprint density at radius 2 is 2.18 bits per heavy atom. The molecule has 1 aliphatic rings. The molecule has 1 aliphatic carbocycles. The van der Waals surface area contributed by atoms with Gasteiger partial charge in [0.2, 0.25) is 0 Å². The molecule has 0 amide bonds. The van der Waals surface area contributed by atoms with Gasteiger partial charge in [0.05, 0.1) is 0 Å². The van der Waals surface area contributed by atoms with Gasteiger partial charge in [-0.25, -0.2) is 4.98 Å². The van der Waals surface area contributed by atoms with E-state index in [2.05, 4.69) is 31.1 Å². The number of pyridine rings is 1. The molecule has 2 nitrogen and oxygen atoms in total. The van der Waals surface area contributed by atoms with E-state index in [0.717, 1.165) is 11.6 Å². The Balaban J connectivity index is 2.03. The normalized spacial score (nSPS) is 27.8. The van der Waals surface area contributed by atoms with Crippen LogP contribution in [0.5, 0.6) is 0 Å². The van der Waals surface area contributed by atoms with Crippen LogP contribution in [-0.2, 0) is 0 Å². The van der Waals surface area contributed by atoms with E-state index in [1.807, 2.05) is 12.1 Å². The molecule has 17 heavy (non-hydrogen) atoms. The van der Waals surface area contributed by atoms with Crippen molar-refractivity contribution >= 4 is 17.3 Å². The van der Waals surface area contributed by atoms with Gasteiger partial charge in [0, 0.05) is 17.9 Å². The summed E-state index contributed by atoms with van der Waals surface area (Å²) in [6.07, 6.45) is 5.53. The van der Waals surface area contributed by atoms with Crippen molar-refractivity contribution in [1.29, 1.82) is 0 Å². The second-order valence-corrected chi connectivity index (χ2v) is 6.51. The van der Waals surface area contributed by atoms with E-state index in [1.165, 1.54) is 19.3 Å². The number of anilines is 1. The molecule has 1 heterocycles. The quantitative estimate of drug-likeness (QED) is 0.791. The smallest absolute Gasteiger partial charge is 0.131 e. The number of hydrogen-bond acceptors (Lipinski definition) is 2. The van der Waals surface area contributed by atoms with Crippen LogP contribution in [0.3, 0.4) is 0 Å². The molecule has 1 fully saturated rings. The first-order valence-electron chi connectivity index (χ1n) is 6.33. The molecule has 0 bridgehead atoms. The lowest BCUT2D eigenvalue weighted by Gasteiger charge is -2.39. The van der Waals surface area contributed by atoms with Crippen molar-refractivity contribution in [1.82, 2.24) is 4.98 Å². The van der Waals surface area contributed by atoms with E-state index < -0.39 is 0 Å². The monoisotopic (exact) mass is 252 g/mol. The van der Waals surface area contributed by atoms with E-state index in [9.17, 15) is 0 Å². The van der Waals surface area contributed by atoms with Gasteiger partial charge in [0.25, 0.3) is 0 Å². The Morgan fingerprint density at radius 3 is 2.82 bits per heavy atom. The molecule has 2 atom stereocenters. The Kier molecular flexibility index (Phi) is 3.62. The number of halogens is 1. The molecule has 1 aromatic rings. The Bertz CT molecular complexity index is 390. The summed E-state index contributed by atoms with van der Waals surface area (Å²) < 4.78 is 0. The van der Waals surface area contributed by atoms with Gasteiger partial charge in [-0.2, -0.15) is 0 Å². The fourth-order valence-electron chi connectivity index (χ4n) is 3.18. The van der Waals surface area contributed by atoms with Crippen LogP contribution in [0.25, 0.3) is 0 Å². The summed E-state index contributed by atoms with van der Waals surface area (Å²) in [7, 11) is 0. The molecule has 2 unspecified atom stereocenters. The molecule has 1 N–H and O–H groups in total. The molecule has 2 rings (SSSR count). The van der Waals surface area contributed by atoms with Gasteiger partial charge in [-0.1, -0.05) is 32.4 Å². The molecule has 0 spiro atoms. The highest BCUT2D eigenvalue weighted by molar-refractivity contribution is 6.29. The summed E-state index contributed by atoms with van der Waals surface area (Å²) in [6.45, 7) is 7.06. The van der Waals surface area contributed by atoms with Gasteiger partial charge in [0.1, 0.15) is 5.15 Å². The average molecular weight is 253 g/mol. The maximum Gasteiger partial charge on any atom is 0.131 e. The minimum absolute atomic E-state index is 0.437. The number of nitrogens with one attached hydrogen (secondary N) is 1. The van der Waals surface area contributed by atoms with Gasteiger partial charge >= 0.3 is 0 Å². The largest absolute Gasteiger partial charge is 0.382 e. The van der Waals surface area contributed by atoms with Crippen molar-refractivity contribution in [2.45, 2.75) is 46.1 Å². The van der Waals surface area contributed by atoms with Gasteiger partial charge in [-0.05, 0) is 42.7 Å². The molecule has 94 valence electrons. The van der Waals surface area contributed by atoms with Crippen molar-refractivity contribution in [2.24, 2.45) is 11.3 Å². The minimum Gasteiger partial charge on any atom is -0.382 e. The van der Waals surface area contributed by atoms with Crippen LogP contribution >= 0.6 is 11.6 Å². The zero-order chi connectivity index (χ0) is 12.5. The van der Waals surface area contributed by atoms with Crippen molar-refractivity contribution in [2.75, 3.05) is 5.32 Å². The van der Waals surface area contributed by atoms with E-state index in [-0.39, 0.29) is 0 Å². The van der Waals surface area contributed by atoms with E-state index in [4.69, 9.17) is 11.6 Å². The lowest BCUT2D eigenvalue weighted by Crippen LogP contribution is -2.35. The molecule has 3 heteroatoms. The van der Waals surface area contributed by atoms with Crippen molar-refractivity contribution in [3.05, 3.63) is 23.5 Å². The van der Waals surface area contributed by atoms with Crippen LogP contribution in [0.2, 0.25) is 5.15 Å². The molecular weight excluding hydrogens is 232 g/mol. The highest BCUT2D eigenvalue weighted by Gasteiger charge is 2.31. The standard InChI is InChI=1S/C14H21ClN2/c1-10-6-12(9-14(2,3)8-10)17-11-4-5-16-13(15)7-11/h4-5,7,10,12H,6,8-9H2,1-3H3,(H,16,17). The first kappa shape index (κ1) is 12.7. The van der Waals surface area contributed by atoms with Gasteiger partial charge in [0.15, 0.2) is 0 Å². The molecular formula is C14H21ClN2. The molecule has 1 aromatic heterocycles. The maximum absolute atomic E-state index is 5.90. The molecule has 0 aromatic carbocycles. The van der Waals surface area contributed by atoms with E-state index in [1.54, 1.807) is 6.20 Å². The first-order valence-corrected chi connectivity index (χ1v) is 6.70. The third-order valence-electron chi connectivity index (χ3n) is 3.48. The average Bonchev–Trinajstić information content (AvgIpc) is 2.13. The molecule has 0 saturated heterocycles. The predicted octanol–water partition coefficient (Wildman–Crippen LogP) is 4.36. The Morgan fingerprint density at radius 1 is 1.41 bits per heavy atom. The van der Waals surface area contributed by atoms with Crippen LogP contribution in [0.4, 0.5) is 5.69 Å². The van der Waals surface area contributed by atoms with E-state index in [0.29, 0.717) is 16.6 Å². The summed E-state index contributed by atoms with van der Waals surface area (Å²) in [5, 5.41) is 4.14. The summed E-state index contributed by atoms with van der Waals surface area (Å²) in [4.78, 5) is 4.00. The van der Waals surface area contributed by atoms with Crippen molar-refractivity contribution in [3.63, 3.8) is 0 Å². The Hall–Kier alpha value is -0.760. The van der Waals surface area contributed by atoms with Crippen LogP contribution < -0.4 is 5.32 Å². The second-order valence-electron chi connectivity index (χ2n) is 6.12. The number of rotatable bonds is 2. The van der Waals surface area contributed by atoms with Gasteiger partial charge < -0.3 is 5.32 Å². The van der Waals surface area contributed by atoms with Crippen LogP contribution in [-0.4, -0.2) is 11.0 Å². The third-order valence-corrected chi connectivity index (χ3v) is 3.69. The van der Waals surface area contributed by atoms with E-state index >= 15 is 0 Å². The highest BCUT2D eigenvalue weighted by atomic mass is 35.5. The summed E-state index contributed by atoms with van der Waals surface area (Å²) >= 11 is 5.90. The summed E-state index contributed by atoms with van der Waals surface area (Å²) in [5.41, 5.74) is 1.52. The predicted molar refractivity (Wildman–Crippen MR) is 73.5 cm³/mol. The van der Waals surface area contributed by atoms with Gasteiger partial charge in [-0.15, -0.1) is 0 Å². The zero-order valence-corrected chi connectivity index (χ0v) is 11.6. The van der Waals surface area contributed by atoms with Crippen molar-refractivity contribution < 1.29 is 0 Å². The second kappa shape index (κ2) is 4.85. The minimum atomic E-state index is 0.437. The highest BCUT2D eigenvalue weighted by Crippen LogP contribution is 2.39. The summed E-state index contributed by atoms with van der Waals surface area (Å²) in [5.74, 6) is 0.786. The zero-order valence-electron chi connectivity index (χ0n) is 10.8. The van der Waals surface area contributed by atoms with Crippen LogP contribution in [0.15, 0.2) is 18.3 Å². The number of nitrogens with zero attached hydrogens (tertiary/aromatic N) is 1. The van der Waals surface area contributed by atoms with Crippen molar-refractivity contribution in [3.8, 4) is 0 Å².